The number of nitrogens with two attached hydrogens (primary N) is 1. The number of hydrogen-bond donors (Lipinski definition) is 3. The van der Waals surface area contributed by atoms with Gasteiger partial charge in [-0.1, -0.05) is 6.07 Å². The second-order valence-corrected chi connectivity index (χ2v) is 5.20. The van der Waals surface area contributed by atoms with Crippen molar-refractivity contribution in [2.75, 3.05) is 0 Å². The number of carbonyl (C=O) groups excluding carboxylic acids is 1. The Hall–Kier alpha value is -1.40. The summed E-state index contributed by atoms with van der Waals surface area (Å²) in [5, 5.41) is 13.5. The molecule has 4 N–H and O–H groups in total. The van der Waals surface area contributed by atoms with Gasteiger partial charge in [0.2, 0.25) is 5.91 Å². The fraction of sp³-hybridized carbons (Fsp3) is 0.455. The molecular formula is C11H14N2O3S. The van der Waals surface area contributed by atoms with Gasteiger partial charge in [0.15, 0.2) is 0 Å². The molecule has 5 nitrogen and oxygen atoms in total. The maximum absolute atomic E-state index is 11.9. The third-order valence-electron chi connectivity index (χ3n) is 3.11. The van der Waals surface area contributed by atoms with Gasteiger partial charge in [0.1, 0.15) is 11.6 Å². The molecule has 1 fully saturated rings. The topological polar surface area (TPSA) is 92.4 Å². The maximum atomic E-state index is 11.9. The molecule has 1 unspecified atom stereocenters. The van der Waals surface area contributed by atoms with Gasteiger partial charge in [-0.25, -0.2) is 4.79 Å². The van der Waals surface area contributed by atoms with Crippen molar-refractivity contribution >= 4 is 23.2 Å². The van der Waals surface area contributed by atoms with E-state index in [0.29, 0.717) is 12.8 Å². The van der Waals surface area contributed by atoms with Gasteiger partial charge in [0.25, 0.3) is 0 Å². The summed E-state index contributed by atoms with van der Waals surface area (Å²) < 4.78 is 0. The highest BCUT2D eigenvalue weighted by Gasteiger charge is 2.46. The molecule has 1 aliphatic carbocycles. The zero-order chi connectivity index (χ0) is 12.5. The average Bonchev–Trinajstić information content (AvgIpc) is 2.74. The van der Waals surface area contributed by atoms with Crippen LogP contribution in [0.5, 0.6) is 0 Å². The molecule has 0 saturated heterocycles. The van der Waals surface area contributed by atoms with Crippen LogP contribution in [-0.2, 0) is 9.59 Å². The molecule has 0 aromatic carbocycles. The van der Waals surface area contributed by atoms with Crippen LogP contribution in [-0.4, -0.2) is 22.5 Å². The van der Waals surface area contributed by atoms with Crippen molar-refractivity contribution < 1.29 is 14.7 Å². The first kappa shape index (κ1) is 12.1. The molecule has 0 spiro atoms. The number of hydrogen-bond acceptors (Lipinski definition) is 4. The molecular weight excluding hydrogens is 240 g/mol. The summed E-state index contributed by atoms with van der Waals surface area (Å²) in [5.41, 5.74) is 4.68. The van der Waals surface area contributed by atoms with Crippen molar-refractivity contribution in [2.24, 2.45) is 5.73 Å². The van der Waals surface area contributed by atoms with E-state index in [1.807, 2.05) is 11.4 Å². The van der Waals surface area contributed by atoms with Crippen molar-refractivity contribution in [1.82, 2.24) is 5.32 Å². The van der Waals surface area contributed by atoms with E-state index < -0.39 is 23.5 Å². The molecule has 1 heterocycles. The molecule has 1 atom stereocenters. The van der Waals surface area contributed by atoms with Gasteiger partial charge in [0.05, 0.1) is 0 Å². The SMILES string of the molecule is NC(C(=O)NC1(C(=O)O)CCC1)c1cccs1. The number of carboxylic acid groups (broad SMARTS) is 1. The molecule has 1 aromatic heterocycles. The molecule has 2 rings (SSSR count). The third kappa shape index (κ3) is 2.18. The molecule has 0 aliphatic heterocycles. The van der Waals surface area contributed by atoms with Crippen molar-refractivity contribution in [3.63, 3.8) is 0 Å². The number of thiophene rings is 1. The molecule has 1 aromatic rings. The molecule has 0 radical (unpaired) electrons. The lowest BCUT2D eigenvalue weighted by molar-refractivity contribution is -0.152. The van der Waals surface area contributed by atoms with Crippen LogP contribution in [0.4, 0.5) is 0 Å². The van der Waals surface area contributed by atoms with E-state index in [9.17, 15) is 9.59 Å². The number of carboxylic acids is 1. The first-order valence-corrected chi connectivity index (χ1v) is 6.27. The highest BCUT2D eigenvalue weighted by molar-refractivity contribution is 7.10. The highest BCUT2D eigenvalue weighted by Crippen LogP contribution is 2.32. The molecule has 0 bridgehead atoms. The first-order chi connectivity index (χ1) is 8.05. The molecule has 92 valence electrons. The second-order valence-electron chi connectivity index (χ2n) is 4.22. The van der Waals surface area contributed by atoms with Crippen molar-refractivity contribution in [3.05, 3.63) is 22.4 Å². The number of rotatable bonds is 4. The Kier molecular flexibility index (Phi) is 3.17. The summed E-state index contributed by atoms with van der Waals surface area (Å²) in [6.45, 7) is 0. The summed E-state index contributed by atoms with van der Waals surface area (Å²) in [7, 11) is 0. The second kappa shape index (κ2) is 4.46. The van der Waals surface area contributed by atoms with Crippen LogP contribution in [0.15, 0.2) is 17.5 Å². The zero-order valence-corrected chi connectivity index (χ0v) is 10.00. The molecule has 1 saturated carbocycles. The lowest BCUT2D eigenvalue weighted by Crippen LogP contribution is -2.60. The minimum atomic E-state index is -1.09. The quantitative estimate of drug-likeness (QED) is 0.743. The van der Waals surface area contributed by atoms with Gasteiger partial charge in [-0.05, 0) is 30.7 Å². The van der Waals surface area contributed by atoms with Crippen LogP contribution in [0, 0.1) is 0 Å². The van der Waals surface area contributed by atoms with E-state index in [1.54, 1.807) is 6.07 Å². The summed E-state index contributed by atoms with van der Waals surface area (Å²) in [6, 6.07) is 2.79. The van der Waals surface area contributed by atoms with Crippen molar-refractivity contribution in [2.45, 2.75) is 30.8 Å². The Labute approximate surface area is 103 Å². The van der Waals surface area contributed by atoms with Crippen LogP contribution in [0.2, 0.25) is 0 Å². The lowest BCUT2D eigenvalue weighted by atomic mass is 9.76. The van der Waals surface area contributed by atoms with E-state index >= 15 is 0 Å². The van der Waals surface area contributed by atoms with Crippen LogP contribution in [0.25, 0.3) is 0 Å². The fourth-order valence-corrected chi connectivity index (χ4v) is 2.56. The highest BCUT2D eigenvalue weighted by atomic mass is 32.1. The van der Waals surface area contributed by atoms with Crippen LogP contribution >= 0.6 is 11.3 Å². The van der Waals surface area contributed by atoms with E-state index in [-0.39, 0.29) is 0 Å². The maximum Gasteiger partial charge on any atom is 0.329 e. The monoisotopic (exact) mass is 254 g/mol. The van der Waals surface area contributed by atoms with Gasteiger partial charge < -0.3 is 16.2 Å². The summed E-state index contributed by atoms with van der Waals surface area (Å²) in [5.74, 6) is -1.40. The van der Waals surface area contributed by atoms with Gasteiger partial charge >= 0.3 is 5.97 Å². The summed E-state index contributed by atoms with van der Waals surface area (Å²) in [4.78, 5) is 23.7. The normalized spacial score (nSPS) is 19.1. The van der Waals surface area contributed by atoms with Gasteiger partial charge in [-0.2, -0.15) is 0 Å². The Morgan fingerprint density at radius 3 is 2.65 bits per heavy atom. The number of aliphatic carboxylic acids is 1. The Morgan fingerprint density at radius 1 is 1.53 bits per heavy atom. The van der Waals surface area contributed by atoms with E-state index in [0.717, 1.165) is 11.3 Å². The molecule has 6 heteroatoms. The number of carbonyl (C=O) groups is 2. The third-order valence-corrected chi connectivity index (χ3v) is 4.07. The molecule has 17 heavy (non-hydrogen) atoms. The minimum absolute atomic E-state index is 0.422. The predicted molar refractivity (Wildman–Crippen MR) is 63.6 cm³/mol. The Bertz CT molecular complexity index is 426. The van der Waals surface area contributed by atoms with Gasteiger partial charge in [-0.15, -0.1) is 11.3 Å². The standard InChI is InChI=1S/C11H14N2O3S/c12-8(7-3-1-6-17-7)9(14)13-11(10(15)16)4-2-5-11/h1,3,6,8H,2,4-5,12H2,(H,13,14)(H,15,16). The van der Waals surface area contributed by atoms with Crippen molar-refractivity contribution in [3.8, 4) is 0 Å². The van der Waals surface area contributed by atoms with Gasteiger partial charge in [-0.3, -0.25) is 4.79 Å². The van der Waals surface area contributed by atoms with E-state index in [2.05, 4.69) is 5.32 Å². The molecule has 1 amide bonds. The average molecular weight is 254 g/mol. The fourth-order valence-electron chi connectivity index (χ4n) is 1.83. The summed E-state index contributed by atoms with van der Waals surface area (Å²) >= 11 is 1.39. The van der Waals surface area contributed by atoms with Crippen molar-refractivity contribution in [1.29, 1.82) is 0 Å². The molecule has 1 aliphatic rings. The lowest BCUT2D eigenvalue weighted by Gasteiger charge is -2.38. The Balaban J connectivity index is 2.04. The van der Waals surface area contributed by atoms with Gasteiger partial charge in [0, 0.05) is 4.88 Å². The van der Waals surface area contributed by atoms with Crippen LogP contribution in [0.1, 0.15) is 30.2 Å². The summed E-state index contributed by atoms with van der Waals surface area (Å²) in [6.07, 6.45) is 1.78. The largest absolute Gasteiger partial charge is 0.480 e. The van der Waals surface area contributed by atoms with Crippen LogP contribution < -0.4 is 11.1 Å². The zero-order valence-electron chi connectivity index (χ0n) is 9.18. The smallest absolute Gasteiger partial charge is 0.329 e. The Morgan fingerprint density at radius 2 is 2.24 bits per heavy atom. The van der Waals surface area contributed by atoms with E-state index in [1.165, 1.54) is 11.3 Å². The van der Waals surface area contributed by atoms with Crippen LogP contribution in [0.3, 0.4) is 0 Å². The first-order valence-electron chi connectivity index (χ1n) is 5.39. The minimum Gasteiger partial charge on any atom is -0.480 e. The van der Waals surface area contributed by atoms with E-state index in [4.69, 9.17) is 10.8 Å². The number of nitrogens with one attached hydrogen (secondary N) is 1. The number of amides is 1. The predicted octanol–water partition coefficient (Wildman–Crippen LogP) is 0.871.